The summed E-state index contributed by atoms with van der Waals surface area (Å²) in [7, 11) is 0. The molecule has 0 aliphatic heterocycles. The number of hydrogen-bond donors (Lipinski definition) is 0. The van der Waals surface area contributed by atoms with E-state index in [0.29, 0.717) is 33.4 Å². The Morgan fingerprint density at radius 1 is 1.17 bits per heavy atom. The third-order valence-corrected chi connectivity index (χ3v) is 3.01. The third kappa shape index (κ3) is 2.66. The Balaban J connectivity index is 2.42. The molecule has 0 unspecified atom stereocenters. The predicted octanol–water partition coefficient (Wildman–Crippen LogP) is 4.91. The second-order valence-corrected chi connectivity index (χ2v) is 4.63. The van der Waals surface area contributed by atoms with Crippen LogP contribution < -0.4 is 4.74 Å². The molecule has 0 saturated heterocycles. The van der Waals surface area contributed by atoms with Gasteiger partial charge >= 0.3 is 0 Å². The van der Waals surface area contributed by atoms with E-state index in [4.69, 9.17) is 27.9 Å². The number of rotatable bonds is 3. The largest absolute Gasteiger partial charge is 0.455 e. The molecule has 0 aliphatic carbocycles. The van der Waals surface area contributed by atoms with Crippen LogP contribution in [0.1, 0.15) is 15.9 Å². The second-order valence-electron chi connectivity index (χ2n) is 3.79. The molecule has 0 N–H and O–H groups in total. The van der Waals surface area contributed by atoms with Crippen molar-refractivity contribution in [2.45, 2.75) is 6.92 Å². The van der Waals surface area contributed by atoms with Crippen molar-refractivity contribution >= 4 is 29.5 Å². The molecule has 2 aromatic carbocycles. The molecule has 2 rings (SSSR count). The quantitative estimate of drug-likeness (QED) is 0.747. The van der Waals surface area contributed by atoms with Crippen molar-refractivity contribution in [2.75, 3.05) is 0 Å². The zero-order valence-corrected chi connectivity index (χ0v) is 11.1. The van der Waals surface area contributed by atoms with Crippen molar-refractivity contribution < 1.29 is 9.53 Å². The Morgan fingerprint density at radius 3 is 2.61 bits per heavy atom. The average Bonchev–Trinajstić information content (AvgIpc) is 2.34. The van der Waals surface area contributed by atoms with E-state index < -0.39 is 0 Å². The first-order valence-corrected chi connectivity index (χ1v) is 6.05. The highest BCUT2D eigenvalue weighted by atomic mass is 35.5. The number of carbonyl (C=O) groups is 1. The summed E-state index contributed by atoms with van der Waals surface area (Å²) in [6.45, 7) is 1.87. The maximum absolute atomic E-state index is 10.9. The zero-order valence-electron chi connectivity index (χ0n) is 9.61. The van der Waals surface area contributed by atoms with Crippen molar-refractivity contribution in [3.8, 4) is 11.5 Å². The van der Waals surface area contributed by atoms with Gasteiger partial charge in [0.1, 0.15) is 5.75 Å². The van der Waals surface area contributed by atoms with E-state index in [-0.39, 0.29) is 0 Å². The number of ether oxygens (including phenoxy) is 1. The number of aryl methyl sites for hydroxylation is 1. The van der Waals surface area contributed by atoms with Crippen LogP contribution in [0.2, 0.25) is 10.0 Å². The summed E-state index contributed by atoms with van der Waals surface area (Å²) in [5.41, 5.74) is 1.29. The van der Waals surface area contributed by atoms with Gasteiger partial charge in [0.15, 0.2) is 12.0 Å². The lowest BCUT2D eigenvalue weighted by Crippen LogP contribution is -1.93. The molecule has 0 atom stereocenters. The molecule has 0 saturated carbocycles. The fourth-order valence-electron chi connectivity index (χ4n) is 1.56. The van der Waals surface area contributed by atoms with Gasteiger partial charge in [-0.05, 0) is 42.8 Å². The normalized spacial score (nSPS) is 10.2. The van der Waals surface area contributed by atoms with Crippen LogP contribution in [-0.2, 0) is 0 Å². The number of carbonyl (C=O) groups excluding carboxylic acids is 1. The van der Waals surface area contributed by atoms with Crippen LogP contribution in [0.4, 0.5) is 0 Å². The fourth-order valence-corrected chi connectivity index (χ4v) is 2.01. The van der Waals surface area contributed by atoms with Crippen molar-refractivity contribution in [1.29, 1.82) is 0 Å². The van der Waals surface area contributed by atoms with Crippen LogP contribution in [-0.4, -0.2) is 6.29 Å². The predicted molar refractivity (Wildman–Crippen MR) is 73.1 cm³/mol. The van der Waals surface area contributed by atoms with Gasteiger partial charge in [0, 0.05) is 5.02 Å². The Morgan fingerprint density at radius 2 is 1.94 bits per heavy atom. The molecule has 18 heavy (non-hydrogen) atoms. The van der Waals surface area contributed by atoms with E-state index >= 15 is 0 Å². The molecule has 0 aromatic heterocycles. The Hall–Kier alpha value is -1.51. The highest BCUT2D eigenvalue weighted by Gasteiger charge is 2.10. The first-order chi connectivity index (χ1) is 8.61. The van der Waals surface area contributed by atoms with Crippen LogP contribution in [0.15, 0.2) is 36.4 Å². The average molecular weight is 281 g/mol. The number of benzene rings is 2. The van der Waals surface area contributed by atoms with E-state index in [9.17, 15) is 4.79 Å². The minimum Gasteiger partial charge on any atom is -0.455 e. The summed E-state index contributed by atoms with van der Waals surface area (Å²) in [5, 5.41) is 1.03. The fraction of sp³-hybridized carbons (Fsp3) is 0.0714. The molecule has 0 bridgehead atoms. The smallest absolute Gasteiger partial charge is 0.156 e. The highest BCUT2D eigenvalue weighted by molar-refractivity contribution is 6.32. The number of aldehydes is 1. The van der Waals surface area contributed by atoms with Crippen LogP contribution in [0.3, 0.4) is 0 Å². The van der Waals surface area contributed by atoms with E-state index in [1.807, 2.05) is 6.92 Å². The summed E-state index contributed by atoms with van der Waals surface area (Å²) in [6, 6.07) is 10.3. The van der Waals surface area contributed by atoms with Crippen LogP contribution in [0, 0.1) is 6.92 Å². The zero-order chi connectivity index (χ0) is 13.1. The molecule has 4 heteroatoms. The second kappa shape index (κ2) is 5.42. The minimum atomic E-state index is 0.361. The summed E-state index contributed by atoms with van der Waals surface area (Å²) in [4.78, 5) is 10.9. The summed E-state index contributed by atoms with van der Waals surface area (Å²) < 4.78 is 5.70. The first kappa shape index (κ1) is 12.9. The molecular weight excluding hydrogens is 271 g/mol. The monoisotopic (exact) mass is 280 g/mol. The van der Waals surface area contributed by atoms with Gasteiger partial charge < -0.3 is 4.74 Å². The van der Waals surface area contributed by atoms with E-state index in [0.717, 1.165) is 5.56 Å². The maximum Gasteiger partial charge on any atom is 0.156 e. The lowest BCUT2D eigenvalue weighted by Gasteiger charge is -2.12. The van der Waals surface area contributed by atoms with Gasteiger partial charge in [-0.15, -0.1) is 0 Å². The summed E-state index contributed by atoms with van der Waals surface area (Å²) >= 11 is 11.9. The lowest BCUT2D eigenvalue weighted by molar-refractivity contribution is 0.112. The molecule has 0 heterocycles. The standard InChI is InChI=1S/C14H10Cl2O2/c1-9-7-11(15)5-6-13(9)18-14-10(8-17)3-2-4-12(14)16/h2-8H,1H3. The van der Waals surface area contributed by atoms with E-state index in [1.165, 1.54) is 0 Å². The molecular formula is C14H10Cl2O2. The van der Waals surface area contributed by atoms with Gasteiger partial charge in [0.25, 0.3) is 0 Å². The molecule has 2 nitrogen and oxygen atoms in total. The number of hydrogen-bond acceptors (Lipinski definition) is 2. The van der Waals surface area contributed by atoms with Gasteiger partial charge in [0.2, 0.25) is 0 Å². The lowest BCUT2D eigenvalue weighted by atomic mass is 10.2. The maximum atomic E-state index is 10.9. The Labute approximate surface area is 115 Å². The first-order valence-electron chi connectivity index (χ1n) is 5.29. The van der Waals surface area contributed by atoms with Gasteiger partial charge in [0.05, 0.1) is 10.6 Å². The summed E-state index contributed by atoms with van der Waals surface area (Å²) in [6.07, 6.45) is 0.715. The summed E-state index contributed by atoms with van der Waals surface area (Å²) in [5.74, 6) is 0.982. The van der Waals surface area contributed by atoms with Crippen LogP contribution in [0.25, 0.3) is 0 Å². The van der Waals surface area contributed by atoms with Crippen molar-refractivity contribution in [3.63, 3.8) is 0 Å². The molecule has 0 spiro atoms. The van der Waals surface area contributed by atoms with Gasteiger partial charge in [-0.25, -0.2) is 0 Å². The third-order valence-electron chi connectivity index (χ3n) is 2.47. The van der Waals surface area contributed by atoms with E-state index in [1.54, 1.807) is 36.4 Å². The van der Waals surface area contributed by atoms with Crippen LogP contribution >= 0.6 is 23.2 Å². The van der Waals surface area contributed by atoms with Gasteiger partial charge in [-0.3, -0.25) is 4.79 Å². The molecule has 92 valence electrons. The molecule has 0 amide bonds. The Bertz CT molecular complexity index is 594. The van der Waals surface area contributed by atoms with Gasteiger partial charge in [-0.2, -0.15) is 0 Å². The number of halogens is 2. The molecule has 2 aromatic rings. The highest BCUT2D eigenvalue weighted by Crippen LogP contribution is 2.34. The van der Waals surface area contributed by atoms with Crippen molar-refractivity contribution in [3.05, 3.63) is 57.6 Å². The van der Waals surface area contributed by atoms with E-state index in [2.05, 4.69) is 0 Å². The molecule has 0 radical (unpaired) electrons. The Kier molecular flexibility index (Phi) is 3.90. The SMILES string of the molecule is Cc1cc(Cl)ccc1Oc1c(Cl)cccc1C=O. The number of para-hydroxylation sites is 1. The molecule has 0 fully saturated rings. The molecule has 0 aliphatic rings. The topological polar surface area (TPSA) is 26.3 Å². The van der Waals surface area contributed by atoms with Crippen LogP contribution in [0.5, 0.6) is 11.5 Å². The minimum absolute atomic E-state index is 0.361. The van der Waals surface area contributed by atoms with Gasteiger partial charge in [-0.1, -0.05) is 29.3 Å². The van der Waals surface area contributed by atoms with Crippen molar-refractivity contribution in [2.24, 2.45) is 0 Å². The van der Waals surface area contributed by atoms with Crippen molar-refractivity contribution in [1.82, 2.24) is 0 Å².